The average molecular weight is 331 g/mol. The van der Waals surface area contributed by atoms with Crippen LogP contribution in [-0.4, -0.2) is 60.5 Å². The van der Waals surface area contributed by atoms with E-state index in [9.17, 15) is 4.79 Å². The van der Waals surface area contributed by atoms with E-state index in [4.69, 9.17) is 0 Å². The molecule has 24 heavy (non-hydrogen) atoms. The van der Waals surface area contributed by atoms with Gasteiger partial charge >= 0.3 is 0 Å². The van der Waals surface area contributed by atoms with Gasteiger partial charge in [0, 0.05) is 45.6 Å². The first-order chi connectivity index (χ1) is 11.5. The molecule has 132 valence electrons. The Kier molecular flexibility index (Phi) is 5.18. The molecule has 0 aromatic carbocycles. The molecule has 1 aromatic heterocycles. The minimum atomic E-state index is 0.0230. The Balaban J connectivity index is 1.60. The first-order valence-corrected chi connectivity index (χ1v) is 8.80. The van der Waals surface area contributed by atoms with Crippen LogP contribution in [0.3, 0.4) is 0 Å². The van der Waals surface area contributed by atoms with Crippen LogP contribution in [0.1, 0.15) is 25.3 Å². The van der Waals surface area contributed by atoms with Crippen molar-refractivity contribution in [2.24, 2.45) is 11.3 Å². The van der Waals surface area contributed by atoms with Crippen molar-refractivity contribution in [3.8, 4) is 0 Å². The van der Waals surface area contributed by atoms with E-state index in [-0.39, 0.29) is 23.3 Å². The van der Waals surface area contributed by atoms with E-state index in [1.165, 1.54) is 5.56 Å². The molecule has 1 aromatic rings. The number of hydrogen-bond acceptors (Lipinski definition) is 5. The molecule has 3 rings (SSSR count). The average Bonchev–Trinajstić information content (AvgIpc) is 3.08. The Morgan fingerprint density at radius 3 is 2.79 bits per heavy atom. The lowest BCUT2D eigenvalue weighted by Crippen LogP contribution is -2.53. The first-order valence-electron chi connectivity index (χ1n) is 8.80. The van der Waals surface area contributed by atoms with Gasteiger partial charge in [0.05, 0.1) is 5.92 Å². The van der Waals surface area contributed by atoms with Crippen molar-refractivity contribution in [2.45, 2.75) is 32.4 Å². The summed E-state index contributed by atoms with van der Waals surface area (Å²) in [6.45, 7) is 6.13. The summed E-state index contributed by atoms with van der Waals surface area (Å²) in [6, 6.07) is 4.33. The van der Waals surface area contributed by atoms with Gasteiger partial charge in [-0.05, 0) is 43.0 Å². The number of likely N-dealkylation sites (tertiary alicyclic amines) is 1. The number of carbonyl (C=O) groups excluding carboxylic acids is 1. The molecule has 0 saturated carbocycles. The van der Waals surface area contributed by atoms with Crippen LogP contribution in [0.15, 0.2) is 24.5 Å². The molecule has 2 unspecified atom stereocenters. The molecule has 6 nitrogen and oxygen atoms in total. The van der Waals surface area contributed by atoms with Gasteiger partial charge in [-0.25, -0.2) is 0 Å². The smallest absolute Gasteiger partial charge is 0.228 e. The number of nitrogens with one attached hydrogen (secondary N) is 2. The maximum Gasteiger partial charge on any atom is 0.228 e. The molecule has 2 aliphatic rings. The standard InChI is InChI=1S/C18H29N5O/c1-18(16-15(12-20-21-16)17(24)22(2)3)6-9-23(10-7-18)13-14-5-4-8-19-11-14/h4-5,8,11,15-16,20-21H,6-7,9-10,12-13H2,1-3H3. The minimum Gasteiger partial charge on any atom is -0.348 e. The van der Waals surface area contributed by atoms with Gasteiger partial charge in [0.1, 0.15) is 0 Å². The maximum atomic E-state index is 12.5. The van der Waals surface area contributed by atoms with E-state index in [2.05, 4.69) is 33.7 Å². The lowest BCUT2D eigenvalue weighted by molar-refractivity contribution is -0.134. The van der Waals surface area contributed by atoms with Crippen LogP contribution in [0, 0.1) is 11.3 Å². The number of pyridine rings is 1. The fraction of sp³-hybridized carbons (Fsp3) is 0.667. The Morgan fingerprint density at radius 1 is 1.42 bits per heavy atom. The van der Waals surface area contributed by atoms with E-state index in [1.54, 1.807) is 4.90 Å². The Labute approximate surface area is 144 Å². The highest BCUT2D eigenvalue weighted by Crippen LogP contribution is 2.39. The lowest BCUT2D eigenvalue weighted by atomic mass is 9.70. The molecular weight excluding hydrogens is 302 g/mol. The highest BCUT2D eigenvalue weighted by Gasteiger charge is 2.46. The second-order valence-corrected chi connectivity index (χ2v) is 7.63. The Hall–Kier alpha value is -1.50. The van der Waals surface area contributed by atoms with E-state index >= 15 is 0 Å². The van der Waals surface area contributed by atoms with E-state index in [0.29, 0.717) is 0 Å². The third-order valence-corrected chi connectivity index (χ3v) is 5.62. The Bertz CT molecular complexity index is 554. The summed E-state index contributed by atoms with van der Waals surface area (Å²) >= 11 is 0. The molecule has 1 amide bonds. The molecule has 0 aliphatic carbocycles. The zero-order valence-corrected chi connectivity index (χ0v) is 15.0. The monoisotopic (exact) mass is 331 g/mol. The number of carbonyl (C=O) groups is 1. The quantitative estimate of drug-likeness (QED) is 0.857. The van der Waals surface area contributed by atoms with Crippen molar-refractivity contribution < 1.29 is 4.79 Å². The number of aromatic nitrogens is 1. The SMILES string of the molecule is CN(C)C(=O)C1CNNC1C1(C)CCN(Cc2cccnc2)CC1. The maximum absolute atomic E-state index is 12.5. The van der Waals surface area contributed by atoms with Crippen LogP contribution < -0.4 is 10.9 Å². The fourth-order valence-corrected chi connectivity index (χ4v) is 4.00. The molecule has 3 heterocycles. The predicted octanol–water partition coefficient (Wildman–Crippen LogP) is 0.865. The summed E-state index contributed by atoms with van der Waals surface area (Å²) in [7, 11) is 3.69. The fourth-order valence-electron chi connectivity index (χ4n) is 4.00. The van der Waals surface area contributed by atoms with Gasteiger partial charge in [0.25, 0.3) is 0 Å². The van der Waals surface area contributed by atoms with Gasteiger partial charge in [0.15, 0.2) is 0 Å². The summed E-state index contributed by atoms with van der Waals surface area (Å²) in [5.41, 5.74) is 8.01. The second-order valence-electron chi connectivity index (χ2n) is 7.63. The van der Waals surface area contributed by atoms with Gasteiger partial charge in [-0.15, -0.1) is 0 Å². The summed E-state index contributed by atoms with van der Waals surface area (Å²) < 4.78 is 0. The normalized spacial score (nSPS) is 27.1. The van der Waals surface area contributed by atoms with Gasteiger partial charge in [-0.1, -0.05) is 13.0 Å². The summed E-state index contributed by atoms with van der Waals surface area (Å²) in [6.07, 6.45) is 5.97. The van der Waals surface area contributed by atoms with Gasteiger partial charge < -0.3 is 4.90 Å². The molecule has 2 atom stereocenters. The van der Waals surface area contributed by atoms with Crippen molar-refractivity contribution in [2.75, 3.05) is 33.7 Å². The molecule has 0 bridgehead atoms. The number of amides is 1. The first kappa shape index (κ1) is 17.3. The Morgan fingerprint density at radius 2 is 2.17 bits per heavy atom. The van der Waals surface area contributed by atoms with Crippen LogP contribution in [0.5, 0.6) is 0 Å². The molecule has 2 fully saturated rings. The van der Waals surface area contributed by atoms with Crippen molar-refractivity contribution in [3.63, 3.8) is 0 Å². The highest BCUT2D eigenvalue weighted by molar-refractivity contribution is 5.79. The third kappa shape index (κ3) is 3.61. The van der Waals surface area contributed by atoms with Gasteiger partial charge in [0.2, 0.25) is 5.91 Å². The number of rotatable bonds is 4. The van der Waals surface area contributed by atoms with Crippen molar-refractivity contribution >= 4 is 5.91 Å². The molecular formula is C18H29N5O. The van der Waals surface area contributed by atoms with Crippen molar-refractivity contribution in [1.82, 2.24) is 25.6 Å². The van der Waals surface area contributed by atoms with Crippen LogP contribution in [0.25, 0.3) is 0 Å². The van der Waals surface area contributed by atoms with Crippen molar-refractivity contribution in [1.29, 1.82) is 0 Å². The summed E-state index contributed by atoms with van der Waals surface area (Å²) in [5.74, 6) is 0.242. The van der Waals surface area contributed by atoms with Crippen LogP contribution in [-0.2, 0) is 11.3 Å². The van der Waals surface area contributed by atoms with E-state index in [0.717, 1.165) is 39.0 Å². The molecule has 2 aliphatic heterocycles. The second kappa shape index (κ2) is 7.17. The summed E-state index contributed by atoms with van der Waals surface area (Å²) in [5, 5.41) is 0. The number of hydrazine groups is 1. The largest absolute Gasteiger partial charge is 0.348 e. The minimum absolute atomic E-state index is 0.0230. The van der Waals surface area contributed by atoms with Crippen LogP contribution >= 0.6 is 0 Å². The predicted molar refractivity (Wildman–Crippen MR) is 94.0 cm³/mol. The van der Waals surface area contributed by atoms with Gasteiger partial charge in [-0.2, -0.15) is 0 Å². The molecule has 2 saturated heterocycles. The van der Waals surface area contributed by atoms with Crippen molar-refractivity contribution in [3.05, 3.63) is 30.1 Å². The molecule has 2 N–H and O–H groups in total. The highest BCUT2D eigenvalue weighted by atomic mass is 16.2. The van der Waals surface area contributed by atoms with Crippen LogP contribution in [0.2, 0.25) is 0 Å². The molecule has 0 radical (unpaired) electrons. The summed E-state index contributed by atoms with van der Waals surface area (Å²) in [4.78, 5) is 20.9. The zero-order valence-electron chi connectivity index (χ0n) is 15.0. The van der Waals surface area contributed by atoms with E-state index < -0.39 is 0 Å². The third-order valence-electron chi connectivity index (χ3n) is 5.62. The van der Waals surface area contributed by atoms with E-state index in [1.807, 2.05) is 32.6 Å². The zero-order chi connectivity index (χ0) is 17.2. The lowest BCUT2D eigenvalue weighted by Gasteiger charge is -2.44. The van der Waals surface area contributed by atoms with Crippen LogP contribution in [0.4, 0.5) is 0 Å². The number of nitrogens with zero attached hydrogens (tertiary/aromatic N) is 3. The number of piperidine rings is 1. The topological polar surface area (TPSA) is 60.5 Å². The molecule has 6 heteroatoms. The van der Waals surface area contributed by atoms with Gasteiger partial charge in [-0.3, -0.25) is 25.5 Å². The molecule has 0 spiro atoms. The number of hydrogen-bond donors (Lipinski definition) is 2.